The van der Waals surface area contributed by atoms with Crippen molar-refractivity contribution in [2.24, 2.45) is 0 Å². The minimum Gasteiger partial charge on any atom is -0.266 e. The molecular formula is C18H11ClFN3OS. The Labute approximate surface area is 150 Å². The van der Waals surface area contributed by atoms with Crippen LogP contribution in [0.5, 0.6) is 0 Å². The van der Waals surface area contributed by atoms with E-state index < -0.39 is 5.82 Å². The molecule has 25 heavy (non-hydrogen) atoms. The summed E-state index contributed by atoms with van der Waals surface area (Å²) in [4.78, 5) is 17.4. The van der Waals surface area contributed by atoms with Gasteiger partial charge in [0.25, 0.3) is 5.56 Å². The first-order chi connectivity index (χ1) is 12.1. The Hall–Kier alpha value is -2.57. The maximum absolute atomic E-state index is 13.9. The highest BCUT2D eigenvalue weighted by Crippen LogP contribution is 2.19. The molecule has 2 heterocycles. The molecule has 0 unspecified atom stereocenters. The van der Waals surface area contributed by atoms with Crippen LogP contribution in [-0.2, 0) is 6.42 Å². The molecule has 4 rings (SSSR count). The average Bonchev–Trinajstić information content (AvgIpc) is 3.11. The van der Waals surface area contributed by atoms with Gasteiger partial charge < -0.3 is 0 Å². The van der Waals surface area contributed by atoms with Crippen molar-refractivity contribution in [2.75, 3.05) is 0 Å². The van der Waals surface area contributed by atoms with Gasteiger partial charge in [-0.1, -0.05) is 59.3 Å². The van der Waals surface area contributed by atoms with Gasteiger partial charge >= 0.3 is 0 Å². The first-order valence-electron chi connectivity index (χ1n) is 7.50. The molecule has 0 radical (unpaired) electrons. The third kappa shape index (κ3) is 3.06. The lowest BCUT2D eigenvalue weighted by Crippen LogP contribution is -2.24. The van der Waals surface area contributed by atoms with E-state index >= 15 is 0 Å². The van der Waals surface area contributed by atoms with Crippen molar-refractivity contribution in [3.05, 3.63) is 91.2 Å². The molecule has 0 fully saturated rings. The summed E-state index contributed by atoms with van der Waals surface area (Å²) >= 11 is 7.18. The van der Waals surface area contributed by atoms with E-state index in [1.807, 2.05) is 30.3 Å². The van der Waals surface area contributed by atoms with Crippen LogP contribution in [0, 0.1) is 5.82 Å². The standard InChI is InChI=1S/C18H11ClFN3OS/c19-13-7-4-8-14(20)12(13)10-15-17(24)23-18(25-15)21-16(22-23)9-11-5-2-1-3-6-11/h1-8,10H,9H2/b15-10-. The molecule has 0 aliphatic heterocycles. The number of hydrogen-bond acceptors (Lipinski definition) is 4. The maximum atomic E-state index is 13.9. The van der Waals surface area contributed by atoms with Crippen LogP contribution in [0.15, 0.2) is 53.3 Å². The van der Waals surface area contributed by atoms with Crippen LogP contribution in [0.1, 0.15) is 17.0 Å². The Balaban J connectivity index is 1.76. The quantitative estimate of drug-likeness (QED) is 0.556. The number of nitrogens with zero attached hydrogens (tertiary/aromatic N) is 3. The summed E-state index contributed by atoms with van der Waals surface area (Å²) in [5, 5.41) is 4.52. The van der Waals surface area contributed by atoms with E-state index in [1.54, 1.807) is 6.07 Å². The molecule has 0 saturated carbocycles. The Morgan fingerprint density at radius 3 is 2.68 bits per heavy atom. The van der Waals surface area contributed by atoms with Crippen LogP contribution >= 0.6 is 22.9 Å². The molecule has 0 spiro atoms. The monoisotopic (exact) mass is 371 g/mol. The molecular weight excluding hydrogens is 361 g/mol. The van der Waals surface area contributed by atoms with Gasteiger partial charge in [-0.05, 0) is 23.8 Å². The summed E-state index contributed by atoms with van der Waals surface area (Å²) in [6.45, 7) is 0. The molecule has 0 aliphatic rings. The van der Waals surface area contributed by atoms with Gasteiger partial charge in [0.05, 0.1) is 9.55 Å². The molecule has 0 aliphatic carbocycles. The molecule has 4 aromatic rings. The van der Waals surface area contributed by atoms with Crippen LogP contribution in [-0.4, -0.2) is 14.6 Å². The number of hydrogen-bond donors (Lipinski definition) is 0. The largest absolute Gasteiger partial charge is 0.291 e. The first-order valence-corrected chi connectivity index (χ1v) is 8.69. The van der Waals surface area contributed by atoms with E-state index in [0.717, 1.165) is 16.9 Å². The van der Waals surface area contributed by atoms with Gasteiger partial charge in [0, 0.05) is 12.0 Å². The molecule has 2 aromatic carbocycles. The molecule has 0 amide bonds. The van der Waals surface area contributed by atoms with Crippen molar-refractivity contribution in [2.45, 2.75) is 6.42 Å². The summed E-state index contributed by atoms with van der Waals surface area (Å²) in [5.74, 6) is 0.0979. The zero-order valence-electron chi connectivity index (χ0n) is 12.8. The highest BCUT2D eigenvalue weighted by molar-refractivity contribution is 7.15. The molecule has 0 saturated heterocycles. The van der Waals surface area contributed by atoms with Crippen molar-refractivity contribution < 1.29 is 4.39 Å². The second kappa shape index (κ2) is 6.38. The number of halogens is 2. The molecule has 124 valence electrons. The lowest BCUT2D eigenvalue weighted by atomic mass is 10.1. The van der Waals surface area contributed by atoms with Crippen LogP contribution in [0.4, 0.5) is 4.39 Å². The molecule has 2 aromatic heterocycles. The van der Waals surface area contributed by atoms with Crippen molar-refractivity contribution >= 4 is 34.0 Å². The van der Waals surface area contributed by atoms with E-state index in [9.17, 15) is 9.18 Å². The summed E-state index contributed by atoms with van der Waals surface area (Å²) in [7, 11) is 0. The number of aromatic nitrogens is 3. The van der Waals surface area contributed by atoms with E-state index in [0.29, 0.717) is 21.7 Å². The number of benzene rings is 2. The lowest BCUT2D eigenvalue weighted by molar-refractivity contribution is 0.625. The zero-order valence-corrected chi connectivity index (χ0v) is 14.4. The Kier molecular flexibility index (Phi) is 4.07. The van der Waals surface area contributed by atoms with Crippen molar-refractivity contribution in [1.82, 2.24) is 14.6 Å². The number of rotatable bonds is 3. The highest BCUT2D eigenvalue weighted by Gasteiger charge is 2.12. The summed E-state index contributed by atoms with van der Waals surface area (Å²) in [5.41, 5.74) is 0.930. The third-order valence-electron chi connectivity index (χ3n) is 3.71. The number of fused-ring (bicyclic) bond motifs is 1. The topological polar surface area (TPSA) is 47.3 Å². The van der Waals surface area contributed by atoms with E-state index in [2.05, 4.69) is 10.1 Å². The smallest absolute Gasteiger partial charge is 0.266 e. The van der Waals surface area contributed by atoms with Gasteiger partial charge in [0.1, 0.15) is 5.82 Å². The van der Waals surface area contributed by atoms with E-state index in [4.69, 9.17) is 11.6 Å². The SMILES string of the molecule is O=c1/c(=C/c2c(F)cccc2Cl)sc2nc(Cc3ccccc3)nn12. The maximum Gasteiger partial charge on any atom is 0.291 e. The van der Waals surface area contributed by atoms with E-state index in [-0.39, 0.29) is 16.1 Å². The van der Waals surface area contributed by atoms with E-state index in [1.165, 1.54) is 22.7 Å². The van der Waals surface area contributed by atoms with Gasteiger partial charge in [0.15, 0.2) is 5.82 Å². The summed E-state index contributed by atoms with van der Waals surface area (Å²) in [6, 6.07) is 14.2. The van der Waals surface area contributed by atoms with Crippen LogP contribution in [0.3, 0.4) is 0 Å². The highest BCUT2D eigenvalue weighted by atomic mass is 35.5. The Morgan fingerprint density at radius 2 is 1.96 bits per heavy atom. The molecule has 7 heteroatoms. The van der Waals surface area contributed by atoms with Crippen molar-refractivity contribution in [3.63, 3.8) is 0 Å². The second-order valence-corrected chi connectivity index (χ2v) is 6.85. The zero-order chi connectivity index (χ0) is 17.4. The van der Waals surface area contributed by atoms with Crippen molar-refractivity contribution in [1.29, 1.82) is 0 Å². The van der Waals surface area contributed by atoms with Crippen molar-refractivity contribution in [3.8, 4) is 0 Å². The van der Waals surface area contributed by atoms with Gasteiger partial charge in [-0.2, -0.15) is 4.52 Å². The minimum absolute atomic E-state index is 0.190. The second-order valence-electron chi connectivity index (χ2n) is 5.44. The third-order valence-corrected chi connectivity index (χ3v) is 4.99. The van der Waals surface area contributed by atoms with Crippen LogP contribution in [0.25, 0.3) is 11.0 Å². The molecule has 0 N–H and O–H groups in total. The summed E-state index contributed by atoms with van der Waals surface area (Å²) in [6.07, 6.45) is 1.99. The predicted octanol–water partition coefficient (Wildman–Crippen LogP) is 3.08. The lowest BCUT2D eigenvalue weighted by Gasteiger charge is -1.97. The molecule has 0 atom stereocenters. The van der Waals surface area contributed by atoms with Gasteiger partial charge in [-0.25, -0.2) is 9.37 Å². The van der Waals surface area contributed by atoms with Gasteiger partial charge in [0.2, 0.25) is 4.96 Å². The Morgan fingerprint density at radius 1 is 1.16 bits per heavy atom. The first kappa shape index (κ1) is 15.9. The fraction of sp³-hybridized carbons (Fsp3) is 0.0556. The number of thiazole rings is 1. The fourth-order valence-corrected chi connectivity index (χ4v) is 3.63. The van der Waals surface area contributed by atoms with Gasteiger partial charge in [-0.15, -0.1) is 5.10 Å². The fourth-order valence-electron chi connectivity index (χ4n) is 2.51. The molecule has 4 nitrogen and oxygen atoms in total. The molecule has 0 bridgehead atoms. The average molecular weight is 372 g/mol. The minimum atomic E-state index is -0.476. The van der Waals surface area contributed by atoms with Crippen LogP contribution in [0.2, 0.25) is 5.02 Å². The normalized spacial score (nSPS) is 12.2. The van der Waals surface area contributed by atoms with Crippen LogP contribution < -0.4 is 10.1 Å². The van der Waals surface area contributed by atoms with Gasteiger partial charge in [-0.3, -0.25) is 4.79 Å². The Bertz CT molecular complexity index is 1150. The predicted molar refractivity (Wildman–Crippen MR) is 96.6 cm³/mol. The summed E-state index contributed by atoms with van der Waals surface area (Å²) < 4.78 is 15.5.